The lowest BCUT2D eigenvalue weighted by Crippen LogP contribution is -2.32. The summed E-state index contributed by atoms with van der Waals surface area (Å²) < 4.78 is 26.6. The Hall–Kier alpha value is -1.76. The van der Waals surface area contributed by atoms with Gasteiger partial charge in [0, 0.05) is 55.8 Å². The zero-order valence-corrected chi connectivity index (χ0v) is 15.0. The Kier molecular flexibility index (Phi) is 4.71. The van der Waals surface area contributed by atoms with Crippen LogP contribution < -0.4 is 10.2 Å². The third-order valence-corrected chi connectivity index (χ3v) is 5.22. The Labute approximate surface area is 144 Å². The molecule has 0 radical (unpaired) electrons. The van der Waals surface area contributed by atoms with Crippen molar-refractivity contribution in [1.82, 2.24) is 9.97 Å². The van der Waals surface area contributed by atoms with Crippen molar-refractivity contribution in [2.24, 2.45) is 0 Å². The van der Waals surface area contributed by atoms with Crippen LogP contribution in [0.25, 0.3) is 10.7 Å². The van der Waals surface area contributed by atoms with E-state index in [4.69, 9.17) is 0 Å². The zero-order chi connectivity index (χ0) is 17.3. The van der Waals surface area contributed by atoms with E-state index in [-0.39, 0.29) is 18.9 Å². The topological polar surface area (TPSA) is 41.0 Å². The predicted octanol–water partition coefficient (Wildman–Crippen LogP) is 4.57. The summed E-state index contributed by atoms with van der Waals surface area (Å²) in [6.07, 6.45) is 0.812. The van der Waals surface area contributed by atoms with E-state index in [9.17, 15) is 8.78 Å². The zero-order valence-electron chi connectivity index (χ0n) is 14.1. The normalized spacial score (nSPS) is 17.7. The number of pyridine rings is 1. The standard InChI is InChI=1S/C17H22F2N4S/c1-11-10-24-16(20-11)14-8-13(23(2)3)9-15(22-14)21-12-4-6-17(18,19)7-5-12/h8-10,12H,4-7H2,1-3H3,(H,21,22). The van der Waals surface area contributed by atoms with Crippen molar-refractivity contribution in [1.29, 1.82) is 0 Å². The van der Waals surface area contributed by atoms with Crippen LogP contribution in [0.15, 0.2) is 17.5 Å². The molecule has 24 heavy (non-hydrogen) atoms. The number of hydrogen-bond donors (Lipinski definition) is 1. The minimum Gasteiger partial charge on any atom is -0.377 e. The molecule has 2 aromatic rings. The van der Waals surface area contributed by atoms with Crippen LogP contribution in [-0.2, 0) is 0 Å². The van der Waals surface area contributed by atoms with E-state index in [0.717, 1.165) is 27.9 Å². The molecule has 1 aliphatic rings. The van der Waals surface area contributed by atoms with Crippen LogP contribution in [0.2, 0.25) is 0 Å². The molecule has 1 N–H and O–H groups in total. The Balaban J connectivity index is 1.83. The number of alkyl halides is 2. The Morgan fingerprint density at radius 1 is 1.21 bits per heavy atom. The molecule has 2 heterocycles. The average molecular weight is 352 g/mol. The molecule has 0 spiro atoms. The maximum Gasteiger partial charge on any atom is 0.248 e. The van der Waals surface area contributed by atoms with Crippen molar-refractivity contribution >= 4 is 22.8 Å². The van der Waals surface area contributed by atoms with Crippen LogP contribution in [0.5, 0.6) is 0 Å². The van der Waals surface area contributed by atoms with Gasteiger partial charge in [-0.25, -0.2) is 18.7 Å². The van der Waals surface area contributed by atoms with Crippen molar-refractivity contribution in [3.05, 3.63) is 23.2 Å². The van der Waals surface area contributed by atoms with Gasteiger partial charge >= 0.3 is 0 Å². The lowest BCUT2D eigenvalue weighted by Gasteiger charge is -2.29. The molecule has 4 nitrogen and oxygen atoms in total. The Bertz CT molecular complexity index is 704. The summed E-state index contributed by atoms with van der Waals surface area (Å²) in [6.45, 7) is 1.96. The highest BCUT2D eigenvalue weighted by Crippen LogP contribution is 2.35. The van der Waals surface area contributed by atoms with Crippen LogP contribution >= 0.6 is 11.3 Å². The fourth-order valence-electron chi connectivity index (χ4n) is 2.82. The second-order valence-electron chi connectivity index (χ2n) is 6.56. The van der Waals surface area contributed by atoms with Gasteiger partial charge in [-0.3, -0.25) is 0 Å². The first-order valence-electron chi connectivity index (χ1n) is 8.09. The summed E-state index contributed by atoms with van der Waals surface area (Å²) >= 11 is 1.56. The molecule has 1 saturated carbocycles. The molecule has 130 valence electrons. The maximum atomic E-state index is 13.3. The van der Waals surface area contributed by atoms with Gasteiger partial charge in [-0.2, -0.15) is 0 Å². The van der Waals surface area contributed by atoms with E-state index in [1.807, 2.05) is 43.4 Å². The van der Waals surface area contributed by atoms with Gasteiger partial charge in [0.25, 0.3) is 0 Å². The largest absolute Gasteiger partial charge is 0.377 e. The monoisotopic (exact) mass is 352 g/mol. The van der Waals surface area contributed by atoms with E-state index in [1.165, 1.54) is 0 Å². The quantitative estimate of drug-likeness (QED) is 0.875. The lowest BCUT2D eigenvalue weighted by atomic mass is 9.92. The summed E-state index contributed by atoms with van der Waals surface area (Å²) in [6, 6.07) is 4.00. The molecule has 0 bridgehead atoms. The fourth-order valence-corrected chi connectivity index (χ4v) is 3.58. The van der Waals surface area contributed by atoms with Gasteiger partial charge in [0.15, 0.2) is 0 Å². The number of nitrogens with zero attached hydrogens (tertiary/aromatic N) is 3. The first-order chi connectivity index (χ1) is 11.3. The molecule has 1 fully saturated rings. The Morgan fingerprint density at radius 3 is 2.50 bits per heavy atom. The van der Waals surface area contributed by atoms with Crippen LogP contribution in [0.4, 0.5) is 20.3 Å². The molecule has 1 aliphatic carbocycles. The molecule has 0 saturated heterocycles. The molecular weight excluding hydrogens is 330 g/mol. The van der Waals surface area contributed by atoms with Gasteiger partial charge in [0.05, 0.1) is 0 Å². The molecule has 0 aliphatic heterocycles. The summed E-state index contributed by atoms with van der Waals surface area (Å²) in [4.78, 5) is 11.2. The van der Waals surface area contributed by atoms with Crippen LogP contribution in [0.1, 0.15) is 31.4 Å². The second-order valence-corrected chi connectivity index (χ2v) is 7.42. The third-order valence-electron chi connectivity index (χ3n) is 4.23. The molecule has 0 unspecified atom stereocenters. The van der Waals surface area contributed by atoms with E-state index in [1.54, 1.807) is 11.3 Å². The number of thiazole rings is 1. The summed E-state index contributed by atoms with van der Waals surface area (Å²) in [5.41, 5.74) is 2.79. The smallest absolute Gasteiger partial charge is 0.248 e. The van der Waals surface area contributed by atoms with Crippen molar-refractivity contribution in [2.75, 3.05) is 24.3 Å². The highest BCUT2D eigenvalue weighted by Gasteiger charge is 2.35. The summed E-state index contributed by atoms with van der Waals surface area (Å²) in [7, 11) is 3.94. The highest BCUT2D eigenvalue weighted by molar-refractivity contribution is 7.13. The van der Waals surface area contributed by atoms with Gasteiger partial charge in [0.1, 0.15) is 16.5 Å². The SMILES string of the molecule is Cc1csc(-c2cc(N(C)C)cc(NC3CCC(F)(F)CC3)n2)n1. The van der Waals surface area contributed by atoms with Gasteiger partial charge in [-0.1, -0.05) is 0 Å². The minimum atomic E-state index is -2.51. The van der Waals surface area contributed by atoms with Crippen molar-refractivity contribution in [3.63, 3.8) is 0 Å². The third kappa shape index (κ3) is 4.01. The number of nitrogens with one attached hydrogen (secondary N) is 1. The van der Waals surface area contributed by atoms with Crippen molar-refractivity contribution < 1.29 is 8.78 Å². The van der Waals surface area contributed by atoms with Crippen molar-refractivity contribution in [3.8, 4) is 10.7 Å². The molecule has 3 rings (SSSR count). The van der Waals surface area contributed by atoms with E-state index >= 15 is 0 Å². The summed E-state index contributed by atoms with van der Waals surface area (Å²) in [5.74, 6) is -1.79. The van der Waals surface area contributed by atoms with E-state index in [2.05, 4.69) is 15.3 Å². The molecular formula is C17H22F2N4S. The number of aromatic nitrogens is 2. The Morgan fingerprint density at radius 2 is 1.92 bits per heavy atom. The minimum absolute atomic E-state index is 0.0421. The van der Waals surface area contributed by atoms with Crippen molar-refractivity contribution in [2.45, 2.75) is 44.6 Å². The molecule has 2 aromatic heterocycles. The lowest BCUT2D eigenvalue weighted by molar-refractivity contribution is -0.0361. The van der Waals surface area contributed by atoms with Gasteiger partial charge in [-0.05, 0) is 25.8 Å². The first kappa shape index (κ1) is 17.1. The highest BCUT2D eigenvalue weighted by atomic mass is 32.1. The number of rotatable bonds is 4. The summed E-state index contributed by atoms with van der Waals surface area (Å²) in [5, 5.41) is 6.20. The van der Waals surface area contributed by atoms with Crippen LogP contribution in [0, 0.1) is 6.92 Å². The van der Waals surface area contributed by atoms with Gasteiger partial charge in [-0.15, -0.1) is 11.3 Å². The molecule has 0 amide bonds. The molecule has 7 heteroatoms. The fraction of sp³-hybridized carbons (Fsp3) is 0.529. The van der Waals surface area contributed by atoms with Crippen LogP contribution in [0.3, 0.4) is 0 Å². The molecule has 0 aromatic carbocycles. The number of hydrogen-bond acceptors (Lipinski definition) is 5. The first-order valence-corrected chi connectivity index (χ1v) is 8.97. The van der Waals surface area contributed by atoms with E-state index in [0.29, 0.717) is 12.8 Å². The van der Waals surface area contributed by atoms with Gasteiger partial charge in [0.2, 0.25) is 5.92 Å². The number of halogens is 2. The van der Waals surface area contributed by atoms with E-state index < -0.39 is 5.92 Å². The number of aryl methyl sites for hydroxylation is 1. The van der Waals surface area contributed by atoms with Crippen LogP contribution in [-0.4, -0.2) is 36.0 Å². The van der Waals surface area contributed by atoms with Gasteiger partial charge < -0.3 is 10.2 Å². The average Bonchev–Trinajstić information content (AvgIpc) is 2.96. The predicted molar refractivity (Wildman–Crippen MR) is 95.2 cm³/mol. The maximum absolute atomic E-state index is 13.3. The number of anilines is 2. The second kappa shape index (κ2) is 6.63. The molecule has 0 atom stereocenters.